The van der Waals surface area contributed by atoms with Gasteiger partial charge in [-0.25, -0.2) is 18.7 Å². The summed E-state index contributed by atoms with van der Waals surface area (Å²) >= 11 is 0. The minimum atomic E-state index is -5.15. The van der Waals surface area contributed by atoms with Crippen LogP contribution >= 0.6 is 0 Å². The summed E-state index contributed by atoms with van der Waals surface area (Å²) in [5.74, 6) is -2.35. The van der Waals surface area contributed by atoms with Crippen LogP contribution in [-0.4, -0.2) is 16.5 Å². The fourth-order valence-electron chi connectivity index (χ4n) is 3.89. The lowest BCUT2D eigenvalue weighted by atomic mass is 10.0. The Balaban J connectivity index is 1.86. The molecule has 0 bridgehead atoms. The van der Waals surface area contributed by atoms with E-state index < -0.39 is 46.5 Å². The fraction of sp³-hybridized carbons (Fsp3) is 0.185. The van der Waals surface area contributed by atoms with E-state index in [1.807, 2.05) is 6.92 Å². The first-order chi connectivity index (χ1) is 18.3. The average Bonchev–Trinajstić information content (AvgIpc) is 2.86. The lowest BCUT2D eigenvalue weighted by molar-refractivity contribution is -0.142. The molecule has 0 saturated heterocycles. The maximum atomic E-state index is 14.6. The first-order valence-electron chi connectivity index (χ1n) is 11.5. The number of fused-ring (bicyclic) bond motifs is 1. The van der Waals surface area contributed by atoms with E-state index in [2.05, 4.69) is 27.2 Å². The molecule has 0 atom stereocenters. The number of halogens is 8. The van der Waals surface area contributed by atoms with E-state index in [-0.39, 0.29) is 34.3 Å². The molecule has 204 valence electrons. The van der Waals surface area contributed by atoms with Gasteiger partial charge in [0.2, 0.25) is 0 Å². The molecule has 2 N–H and O–H groups in total. The van der Waals surface area contributed by atoms with Gasteiger partial charge < -0.3 is 10.6 Å². The van der Waals surface area contributed by atoms with Crippen molar-refractivity contribution in [1.29, 1.82) is 0 Å². The monoisotopic (exact) mass is 552 g/mol. The third-order valence-electron chi connectivity index (χ3n) is 5.70. The molecular weight excluding hydrogens is 532 g/mol. The van der Waals surface area contributed by atoms with Gasteiger partial charge in [-0.3, -0.25) is 0 Å². The lowest BCUT2D eigenvalue weighted by Gasteiger charge is -2.18. The Morgan fingerprint density at radius 3 is 2.28 bits per heavy atom. The highest BCUT2D eigenvalue weighted by atomic mass is 19.4. The topological polar surface area (TPSA) is 49.8 Å². The molecule has 39 heavy (non-hydrogen) atoms. The van der Waals surface area contributed by atoms with Gasteiger partial charge in [0.05, 0.1) is 22.3 Å². The first-order valence-corrected chi connectivity index (χ1v) is 11.5. The zero-order chi connectivity index (χ0) is 28.5. The molecule has 0 spiro atoms. The van der Waals surface area contributed by atoms with Gasteiger partial charge in [-0.1, -0.05) is 25.6 Å². The first kappa shape index (κ1) is 27.8. The van der Waals surface area contributed by atoms with Crippen molar-refractivity contribution in [2.24, 2.45) is 0 Å². The predicted molar refractivity (Wildman–Crippen MR) is 133 cm³/mol. The van der Waals surface area contributed by atoms with Crippen LogP contribution in [0.4, 0.5) is 46.6 Å². The van der Waals surface area contributed by atoms with E-state index in [0.29, 0.717) is 36.6 Å². The number of nitrogens with one attached hydrogen (secondary N) is 2. The van der Waals surface area contributed by atoms with E-state index in [4.69, 9.17) is 0 Å². The van der Waals surface area contributed by atoms with Crippen molar-refractivity contribution in [2.45, 2.75) is 25.7 Å². The second-order valence-corrected chi connectivity index (χ2v) is 8.51. The number of benzene rings is 3. The van der Waals surface area contributed by atoms with Crippen LogP contribution in [0.1, 0.15) is 30.0 Å². The molecule has 0 aliphatic heterocycles. The number of alkyl halides is 6. The largest absolute Gasteiger partial charge is 0.417 e. The van der Waals surface area contributed by atoms with E-state index in [1.165, 1.54) is 6.07 Å². The van der Waals surface area contributed by atoms with Crippen LogP contribution < -0.4 is 10.6 Å². The number of rotatable bonds is 7. The summed E-state index contributed by atoms with van der Waals surface area (Å²) in [5, 5.41) is 5.97. The molecule has 0 unspecified atom stereocenters. The molecule has 0 aliphatic rings. The second kappa shape index (κ2) is 10.5. The highest BCUT2D eigenvalue weighted by molar-refractivity contribution is 5.95. The highest BCUT2D eigenvalue weighted by Gasteiger charge is 2.39. The summed E-state index contributed by atoms with van der Waals surface area (Å²) in [6.45, 7) is 6.02. The SMILES string of the molecule is C=C(Nc1nc(-c2ccc(C(F)(F)F)cc2C(F)(F)F)nc2ccccc12)c1cc(F)cc(F)c1NCCC. The lowest BCUT2D eigenvalue weighted by Crippen LogP contribution is -2.13. The molecule has 1 heterocycles. The summed E-state index contributed by atoms with van der Waals surface area (Å²) in [4.78, 5) is 8.31. The van der Waals surface area contributed by atoms with Crippen molar-refractivity contribution in [3.63, 3.8) is 0 Å². The van der Waals surface area contributed by atoms with Gasteiger partial charge in [-0.05, 0) is 42.8 Å². The Labute approximate surface area is 217 Å². The zero-order valence-corrected chi connectivity index (χ0v) is 20.2. The molecule has 0 radical (unpaired) electrons. The molecule has 4 nitrogen and oxygen atoms in total. The minimum Gasteiger partial charge on any atom is -0.382 e. The van der Waals surface area contributed by atoms with Crippen LogP contribution in [0.5, 0.6) is 0 Å². The Morgan fingerprint density at radius 1 is 0.897 bits per heavy atom. The van der Waals surface area contributed by atoms with Crippen molar-refractivity contribution in [3.8, 4) is 11.4 Å². The molecule has 1 aromatic heterocycles. The normalized spacial score (nSPS) is 12.0. The summed E-state index contributed by atoms with van der Waals surface area (Å²) < 4.78 is 110. The maximum absolute atomic E-state index is 14.6. The average molecular weight is 552 g/mol. The molecule has 0 amide bonds. The van der Waals surface area contributed by atoms with E-state index in [0.717, 1.165) is 6.07 Å². The molecule has 0 aliphatic carbocycles. The highest BCUT2D eigenvalue weighted by Crippen LogP contribution is 2.41. The summed E-state index contributed by atoms with van der Waals surface area (Å²) in [6.07, 6.45) is -9.52. The molecule has 3 aromatic carbocycles. The van der Waals surface area contributed by atoms with Gasteiger partial charge >= 0.3 is 12.4 Å². The standard InChI is InChI=1S/C27H20F8N4/c1-3-10-36-23-19(12-16(28)13-21(23)29)14(2)37-25-18-6-4-5-7-22(18)38-24(39-25)17-9-8-15(26(30,31)32)11-20(17)27(33,34)35/h4-9,11-13,36H,2-3,10H2,1H3,(H,37,38,39). The van der Waals surface area contributed by atoms with Gasteiger partial charge in [0.25, 0.3) is 0 Å². The zero-order valence-electron chi connectivity index (χ0n) is 20.2. The van der Waals surface area contributed by atoms with Crippen LogP contribution in [0.15, 0.2) is 61.2 Å². The molecule has 12 heteroatoms. The Bertz CT molecular complexity index is 1540. The fourth-order valence-corrected chi connectivity index (χ4v) is 3.89. The Morgan fingerprint density at radius 2 is 1.62 bits per heavy atom. The van der Waals surface area contributed by atoms with E-state index >= 15 is 0 Å². The molecule has 4 aromatic rings. The van der Waals surface area contributed by atoms with Gasteiger partial charge in [0.1, 0.15) is 17.5 Å². The summed E-state index contributed by atoms with van der Waals surface area (Å²) in [5.41, 5.74) is -3.64. The Kier molecular flexibility index (Phi) is 7.49. The minimum absolute atomic E-state index is 0.00111. The van der Waals surface area contributed by atoms with Crippen molar-refractivity contribution in [2.75, 3.05) is 17.2 Å². The van der Waals surface area contributed by atoms with Crippen LogP contribution in [0.3, 0.4) is 0 Å². The van der Waals surface area contributed by atoms with Crippen LogP contribution in [-0.2, 0) is 12.4 Å². The van der Waals surface area contributed by atoms with Gasteiger partial charge in [0.15, 0.2) is 5.82 Å². The van der Waals surface area contributed by atoms with Crippen LogP contribution in [0.2, 0.25) is 0 Å². The quantitative estimate of drug-likeness (QED) is 0.226. The molecule has 0 fully saturated rings. The second-order valence-electron chi connectivity index (χ2n) is 8.51. The number of hydrogen-bond donors (Lipinski definition) is 2. The number of anilines is 2. The number of nitrogens with zero attached hydrogens (tertiary/aromatic N) is 2. The third kappa shape index (κ3) is 5.94. The molecular formula is C27H20F8N4. The number of hydrogen-bond acceptors (Lipinski definition) is 4. The van der Waals surface area contributed by atoms with E-state index in [9.17, 15) is 35.1 Å². The summed E-state index contributed by atoms with van der Waals surface area (Å²) in [7, 11) is 0. The maximum Gasteiger partial charge on any atom is 0.417 e. The van der Waals surface area contributed by atoms with Crippen molar-refractivity contribution in [1.82, 2.24) is 9.97 Å². The van der Waals surface area contributed by atoms with Crippen molar-refractivity contribution < 1.29 is 35.1 Å². The molecule has 0 saturated carbocycles. The Hall–Kier alpha value is -4.22. The predicted octanol–water partition coefficient (Wildman–Crippen LogP) is 8.52. The smallest absolute Gasteiger partial charge is 0.382 e. The van der Waals surface area contributed by atoms with Crippen LogP contribution in [0.25, 0.3) is 28.0 Å². The van der Waals surface area contributed by atoms with Crippen molar-refractivity contribution in [3.05, 3.63) is 89.5 Å². The number of aromatic nitrogens is 2. The van der Waals surface area contributed by atoms with Crippen molar-refractivity contribution >= 4 is 28.1 Å². The number of para-hydroxylation sites is 1. The van der Waals surface area contributed by atoms with Crippen LogP contribution in [0, 0.1) is 11.6 Å². The third-order valence-corrected chi connectivity index (χ3v) is 5.70. The van der Waals surface area contributed by atoms with E-state index in [1.54, 1.807) is 18.2 Å². The van der Waals surface area contributed by atoms with Gasteiger partial charge in [0, 0.05) is 34.8 Å². The summed E-state index contributed by atoms with van der Waals surface area (Å²) in [6, 6.07) is 9.07. The van der Waals surface area contributed by atoms with Gasteiger partial charge in [-0.15, -0.1) is 0 Å². The molecule has 4 rings (SSSR count). The van der Waals surface area contributed by atoms with Gasteiger partial charge in [-0.2, -0.15) is 26.3 Å².